The van der Waals surface area contributed by atoms with Crippen molar-refractivity contribution in [2.45, 2.75) is 131 Å². The summed E-state index contributed by atoms with van der Waals surface area (Å²) in [6, 6.07) is 0. The predicted octanol–water partition coefficient (Wildman–Crippen LogP) is -8.89. The molecule has 0 radical (unpaired) electrons. The molecule has 15 N–H and O–H groups in total. The zero-order valence-electron chi connectivity index (χ0n) is 24.9. The van der Waals surface area contributed by atoms with Crippen molar-refractivity contribution < 1.29 is 110 Å². The van der Waals surface area contributed by atoms with Crippen LogP contribution in [0.25, 0.3) is 0 Å². The first-order chi connectivity index (χ1) is 21.2. The lowest BCUT2D eigenvalue weighted by atomic mass is 9.98. The standard InChI is InChI=1S/2C8H14O7.C6H12O6.C2H6O2/c1-8(12)13-2-3-6(15-8)4(9)5(10)7(11)14-3;1-8(12)14-5-3(2-9)13-7(11)4(10)6(5)15-8;7-1-2-3(8)4(9)5(10)6(11)12-2;1-2(3)4/h2*3-7,9-12H,2H2,1H3;2-11H,1H2;2-4H,1H3/t3?,4-,5+,6-,7?,8+;3?,4-,5+,6+,7?,8+;2?,3-,4+,5+,6?;/m101./s1. The van der Waals surface area contributed by atoms with E-state index in [-0.39, 0.29) is 6.61 Å². The van der Waals surface area contributed by atoms with E-state index in [0.717, 1.165) is 0 Å². The number of hydrogen-bond donors (Lipinski definition) is 15. The molecule has 5 rings (SSSR count). The summed E-state index contributed by atoms with van der Waals surface area (Å²) in [5.41, 5.74) is 0. The van der Waals surface area contributed by atoms with Crippen LogP contribution in [0.3, 0.4) is 0 Å². The van der Waals surface area contributed by atoms with Gasteiger partial charge in [-0.1, -0.05) is 0 Å². The average molecular weight is 687 g/mol. The largest absolute Gasteiger partial charge is 0.394 e. The number of ether oxygens (including phenoxy) is 7. The van der Waals surface area contributed by atoms with Gasteiger partial charge in [0.2, 0.25) is 0 Å². The van der Waals surface area contributed by atoms with Crippen molar-refractivity contribution >= 4 is 0 Å². The lowest BCUT2D eigenvalue weighted by Gasteiger charge is -2.46. The Morgan fingerprint density at radius 2 is 1.00 bits per heavy atom. The fraction of sp³-hybridized carbons (Fsp3) is 1.00. The topological polar surface area (TPSA) is 368 Å². The quantitative estimate of drug-likeness (QED) is 0.120. The number of aliphatic hydroxyl groups excluding tert-OH is 12. The number of fused-ring (bicyclic) bond motifs is 2. The van der Waals surface area contributed by atoms with E-state index in [1.54, 1.807) is 0 Å². The second kappa shape index (κ2) is 17.2. The molecule has 0 aromatic rings. The van der Waals surface area contributed by atoms with Crippen LogP contribution in [0.1, 0.15) is 20.8 Å². The Morgan fingerprint density at radius 3 is 1.54 bits per heavy atom. The Morgan fingerprint density at radius 1 is 0.565 bits per heavy atom. The highest BCUT2D eigenvalue weighted by Crippen LogP contribution is 2.36. The van der Waals surface area contributed by atoms with Crippen LogP contribution in [0.15, 0.2) is 0 Å². The number of hydrogen-bond acceptors (Lipinski definition) is 22. The summed E-state index contributed by atoms with van der Waals surface area (Å²) < 4.78 is 34.3. The molecule has 0 saturated carbocycles. The second-order valence-electron chi connectivity index (χ2n) is 11.0. The van der Waals surface area contributed by atoms with Crippen molar-refractivity contribution in [3.63, 3.8) is 0 Å². The molecular formula is C24H46O22. The van der Waals surface area contributed by atoms with Gasteiger partial charge in [0.1, 0.15) is 79.5 Å². The van der Waals surface area contributed by atoms with Crippen molar-refractivity contribution in [3.05, 3.63) is 0 Å². The van der Waals surface area contributed by atoms with Gasteiger partial charge in [-0.2, -0.15) is 0 Å². The van der Waals surface area contributed by atoms with Crippen LogP contribution < -0.4 is 0 Å². The average Bonchev–Trinajstić information content (AvgIpc) is 3.30. The highest BCUT2D eigenvalue weighted by Gasteiger charge is 2.55. The zero-order chi connectivity index (χ0) is 35.3. The SMILES string of the molecule is CC(O)O.C[C@]1(O)OCC2OC(O)[C@@H](O)[C@@H](O)[C@@H]2O1.C[C@]1(O)O[C@@H]2[C@H](O)C(O)OC(CO)[C@H]2O1.OCC1OC(O)[C@@H](O)[C@@H](O)[C@@H]1O. The molecule has 22 nitrogen and oxygen atoms in total. The van der Waals surface area contributed by atoms with Gasteiger partial charge < -0.3 is 110 Å². The lowest BCUT2D eigenvalue weighted by Crippen LogP contribution is -2.64. The Balaban J connectivity index is 0.000000228. The molecule has 0 spiro atoms. The Bertz CT molecular complexity index is 875. The normalized spacial score (nSPS) is 50.0. The first-order valence-electron chi connectivity index (χ1n) is 13.9. The van der Waals surface area contributed by atoms with E-state index in [9.17, 15) is 35.7 Å². The summed E-state index contributed by atoms with van der Waals surface area (Å²) in [4.78, 5) is 0. The van der Waals surface area contributed by atoms with E-state index >= 15 is 0 Å². The van der Waals surface area contributed by atoms with E-state index in [4.69, 9.17) is 69.3 Å². The molecule has 17 atom stereocenters. The van der Waals surface area contributed by atoms with Gasteiger partial charge in [-0.15, -0.1) is 0 Å². The fourth-order valence-corrected chi connectivity index (χ4v) is 4.67. The second-order valence-corrected chi connectivity index (χ2v) is 11.0. The minimum Gasteiger partial charge on any atom is -0.394 e. The van der Waals surface area contributed by atoms with Gasteiger partial charge in [0.25, 0.3) is 11.9 Å². The fourth-order valence-electron chi connectivity index (χ4n) is 4.67. The highest BCUT2D eigenvalue weighted by molar-refractivity contribution is 4.95. The minimum atomic E-state index is -1.84. The van der Waals surface area contributed by atoms with Crippen molar-refractivity contribution in [2.75, 3.05) is 19.8 Å². The molecule has 0 aromatic heterocycles. The first kappa shape index (κ1) is 41.3. The maximum Gasteiger partial charge on any atom is 0.278 e. The van der Waals surface area contributed by atoms with Crippen LogP contribution >= 0.6 is 0 Å². The van der Waals surface area contributed by atoms with E-state index in [2.05, 4.69) is 4.74 Å². The first-order valence-corrected chi connectivity index (χ1v) is 13.9. The zero-order valence-corrected chi connectivity index (χ0v) is 24.9. The van der Waals surface area contributed by atoms with Gasteiger partial charge in [-0.25, -0.2) is 0 Å². The van der Waals surface area contributed by atoms with Gasteiger partial charge >= 0.3 is 0 Å². The summed E-state index contributed by atoms with van der Waals surface area (Å²) >= 11 is 0. The highest BCUT2D eigenvalue weighted by atomic mass is 16.9. The molecule has 274 valence electrons. The van der Waals surface area contributed by atoms with Crippen LogP contribution in [-0.2, 0) is 33.2 Å². The molecule has 5 aliphatic heterocycles. The van der Waals surface area contributed by atoms with Gasteiger partial charge in [-0.3, -0.25) is 0 Å². The molecule has 0 amide bonds. The van der Waals surface area contributed by atoms with Crippen molar-refractivity contribution in [3.8, 4) is 0 Å². The van der Waals surface area contributed by atoms with Crippen LogP contribution in [0, 0.1) is 0 Å². The monoisotopic (exact) mass is 686 g/mol. The summed E-state index contributed by atoms with van der Waals surface area (Å²) in [7, 11) is 0. The number of rotatable bonds is 2. The molecule has 5 fully saturated rings. The maximum absolute atomic E-state index is 9.59. The van der Waals surface area contributed by atoms with E-state index in [1.165, 1.54) is 20.8 Å². The van der Waals surface area contributed by atoms with Crippen molar-refractivity contribution in [2.24, 2.45) is 0 Å². The molecule has 0 aliphatic carbocycles. The maximum atomic E-state index is 9.59. The van der Waals surface area contributed by atoms with E-state index < -0.39 is 124 Å². The molecule has 46 heavy (non-hydrogen) atoms. The molecule has 0 aromatic carbocycles. The molecule has 5 aliphatic rings. The van der Waals surface area contributed by atoms with Gasteiger partial charge in [-0.05, 0) is 6.92 Å². The summed E-state index contributed by atoms with van der Waals surface area (Å²) in [6.07, 6.45) is -19.4. The summed E-state index contributed by atoms with van der Waals surface area (Å²) in [5, 5.41) is 135. The third-order valence-electron chi connectivity index (χ3n) is 6.92. The molecule has 22 heteroatoms. The Kier molecular flexibility index (Phi) is 15.4. The van der Waals surface area contributed by atoms with Crippen LogP contribution in [0.5, 0.6) is 0 Å². The Labute approximate surface area is 261 Å². The summed E-state index contributed by atoms with van der Waals surface area (Å²) in [6.45, 7) is 2.86. The minimum absolute atomic E-state index is 0.0293. The van der Waals surface area contributed by atoms with Gasteiger partial charge in [0, 0.05) is 13.8 Å². The number of aliphatic hydroxyl groups is 15. The van der Waals surface area contributed by atoms with Crippen LogP contribution in [-0.4, -0.2) is 207 Å². The van der Waals surface area contributed by atoms with Gasteiger partial charge in [0.05, 0.1) is 19.8 Å². The van der Waals surface area contributed by atoms with E-state index in [0.29, 0.717) is 0 Å². The Hall–Kier alpha value is -0.880. The van der Waals surface area contributed by atoms with Crippen LogP contribution in [0.4, 0.5) is 0 Å². The van der Waals surface area contributed by atoms with E-state index in [1.807, 2.05) is 0 Å². The smallest absolute Gasteiger partial charge is 0.278 e. The van der Waals surface area contributed by atoms with Gasteiger partial charge in [0.15, 0.2) is 18.9 Å². The molecule has 5 saturated heterocycles. The predicted molar refractivity (Wildman–Crippen MR) is 139 cm³/mol. The van der Waals surface area contributed by atoms with Crippen molar-refractivity contribution in [1.29, 1.82) is 0 Å². The van der Waals surface area contributed by atoms with Crippen LogP contribution in [0.2, 0.25) is 0 Å². The van der Waals surface area contributed by atoms with Crippen molar-refractivity contribution in [1.82, 2.24) is 0 Å². The third-order valence-corrected chi connectivity index (χ3v) is 6.92. The third kappa shape index (κ3) is 10.8. The summed E-state index contributed by atoms with van der Waals surface area (Å²) in [5.74, 6) is -3.65. The lowest BCUT2D eigenvalue weighted by molar-refractivity contribution is -0.440. The molecular weight excluding hydrogens is 640 g/mol. The molecule has 5 heterocycles. The molecule has 6 unspecified atom stereocenters. The molecule has 0 bridgehead atoms.